The molecule has 0 spiro atoms. The Hall–Kier alpha value is -3.52. The highest BCUT2D eigenvalue weighted by Gasteiger charge is 2.17. The number of rotatable bonds is 9. The third-order valence-corrected chi connectivity index (χ3v) is 5.42. The first-order chi connectivity index (χ1) is 15.5. The minimum atomic E-state index is 0.521. The van der Waals surface area contributed by atoms with E-state index >= 15 is 0 Å². The number of hydrogen-bond donors (Lipinski definition) is 0. The fourth-order valence-corrected chi connectivity index (χ4v) is 3.80. The van der Waals surface area contributed by atoms with Gasteiger partial charge in [0.05, 0.1) is 46.9 Å². The molecule has 0 amide bonds. The van der Waals surface area contributed by atoms with E-state index < -0.39 is 0 Å². The van der Waals surface area contributed by atoms with Gasteiger partial charge in [-0.2, -0.15) is 5.10 Å². The molecule has 168 valence electrons. The minimum absolute atomic E-state index is 0.521. The Bertz CT molecular complexity index is 1150. The summed E-state index contributed by atoms with van der Waals surface area (Å²) in [6.45, 7) is 6.41. The van der Waals surface area contributed by atoms with Gasteiger partial charge in [-0.3, -0.25) is 4.99 Å². The van der Waals surface area contributed by atoms with Crippen LogP contribution in [0.2, 0.25) is 0 Å². The maximum absolute atomic E-state index is 5.52. The molecule has 0 bridgehead atoms. The predicted octanol–water partition coefficient (Wildman–Crippen LogP) is 4.61. The molecule has 0 radical (unpaired) electrons. The molecule has 0 N–H and O–H groups in total. The quantitative estimate of drug-likeness (QED) is 0.351. The molecule has 0 saturated carbocycles. The fourth-order valence-electron chi connectivity index (χ4n) is 2.96. The van der Waals surface area contributed by atoms with Crippen LogP contribution in [-0.2, 0) is 0 Å². The highest BCUT2D eigenvalue weighted by Crippen LogP contribution is 2.41. The van der Waals surface area contributed by atoms with Crippen LogP contribution in [0, 0.1) is 0 Å². The van der Waals surface area contributed by atoms with Gasteiger partial charge < -0.3 is 18.9 Å². The van der Waals surface area contributed by atoms with Crippen LogP contribution in [0.3, 0.4) is 0 Å². The van der Waals surface area contributed by atoms with E-state index in [4.69, 9.17) is 24.0 Å². The van der Waals surface area contributed by atoms with Crippen molar-refractivity contribution in [1.29, 1.82) is 0 Å². The number of ether oxygens (including phenoxy) is 4. The largest absolute Gasteiger partial charge is 0.497 e. The van der Waals surface area contributed by atoms with Crippen molar-refractivity contribution < 1.29 is 18.9 Å². The van der Waals surface area contributed by atoms with Gasteiger partial charge in [0.1, 0.15) is 5.75 Å². The van der Waals surface area contributed by atoms with Crippen LogP contribution < -0.4 is 23.7 Å². The van der Waals surface area contributed by atoms with Gasteiger partial charge >= 0.3 is 0 Å². The first-order valence-electron chi connectivity index (χ1n) is 9.85. The molecule has 0 fully saturated rings. The molecule has 8 heteroatoms. The van der Waals surface area contributed by atoms with Crippen molar-refractivity contribution in [3.05, 3.63) is 64.3 Å². The molecular weight excluding hydrogens is 426 g/mol. The zero-order valence-electron chi connectivity index (χ0n) is 18.9. The van der Waals surface area contributed by atoms with Crippen molar-refractivity contribution in [3.8, 4) is 34.3 Å². The number of hydrogen-bond acceptors (Lipinski definition) is 7. The molecule has 0 unspecified atom stereocenters. The molecule has 0 aliphatic rings. The summed E-state index contributed by atoms with van der Waals surface area (Å²) in [7, 11) is 6.42. The van der Waals surface area contributed by atoms with Gasteiger partial charge in [-0.15, -0.1) is 11.3 Å². The highest BCUT2D eigenvalue weighted by atomic mass is 32.1. The lowest BCUT2D eigenvalue weighted by atomic mass is 10.1. The molecular formula is C24H27N3O4S. The van der Waals surface area contributed by atoms with Crippen molar-refractivity contribution in [3.63, 3.8) is 0 Å². The van der Waals surface area contributed by atoms with E-state index in [0.29, 0.717) is 23.8 Å². The van der Waals surface area contributed by atoms with Gasteiger partial charge in [-0.1, -0.05) is 12.2 Å². The second kappa shape index (κ2) is 10.7. The Morgan fingerprint density at radius 2 is 1.66 bits per heavy atom. The monoisotopic (exact) mass is 453 g/mol. The topological polar surface area (TPSA) is 66.6 Å². The average Bonchev–Trinajstić information content (AvgIpc) is 3.23. The Morgan fingerprint density at radius 1 is 1.00 bits per heavy atom. The second-order valence-corrected chi connectivity index (χ2v) is 7.76. The number of aromatic nitrogens is 1. The molecule has 1 heterocycles. The van der Waals surface area contributed by atoms with Crippen molar-refractivity contribution in [2.24, 2.45) is 10.1 Å². The summed E-state index contributed by atoms with van der Waals surface area (Å²) in [5.41, 5.74) is 3.61. The third-order valence-electron chi connectivity index (χ3n) is 4.57. The standard InChI is InChI=1S/C24H27N3O4S/c1-16(2)13-25-24-27(26-14-17-7-9-19(28-3)10-8-17)20(15-32-24)18-11-21(29-4)23(31-6)22(12-18)30-5/h7-12,14-15H,1,13H2,2-6H3. The average molecular weight is 454 g/mol. The lowest BCUT2D eigenvalue weighted by molar-refractivity contribution is 0.324. The van der Waals surface area contributed by atoms with Gasteiger partial charge in [-0.25, -0.2) is 4.68 Å². The van der Waals surface area contributed by atoms with E-state index in [2.05, 4.69) is 11.6 Å². The van der Waals surface area contributed by atoms with E-state index in [-0.39, 0.29) is 0 Å². The van der Waals surface area contributed by atoms with E-state index in [1.807, 2.05) is 48.7 Å². The fraction of sp³-hybridized carbons (Fsp3) is 0.250. The summed E-state index contributed by atoms with van der Waals surface area (Å²) in [4.78, 5) is 5.42. The minimum Gasteiger partial charge on any atom is -0.497 e. The normalized spacial score (nSPS) is 11.6. The van der Waals surface area contributed by atoms with Crippen LogP contribution >= 0.6 is 11.3 Å². The molecule has 32 heavy (non-hydrogen) atoms. The summed E-state index contributed by atoms with van der Waals surface area (Å²) >= 11 is 1.50. The summed E-state index contributed by atoms with van der Waals surface area (Å²) in [5, 5.41) is 6.73. The maximum Gasteiger partial charge on any atom is 0.206 e. The second-order valence-electron chi connectivity index (χ2n) is 6.92. The van der Waals surface area contributed by atoms with E-state index in [1.165, 1.54) is 11.3 Å². The Labute approximate surface area is 191 Å². The zero-order chi connectivity index (χ0) is 23.1. The molecule has 3 aromatic rings. The molecule has 3 rings (SSSR count). The maximum atomic E-state index is 5.52. The van der Waals surface area contributed by atoms with Crippen molar-refractivity contribution in [2.45, 2.75) is 6.92 Å². The van der Waals surface area contributed by atoms with Gasteiger partial charge in [0.25, 0.3) is 0 Å². The third kappa shape index (κ3) is 5.20. The number of thiazole rings is 1. The van der Waals surface area contributed by atoms with E-state index in [1.54, 1.807) is 39.3 Å². The lowest BCUT2D eigenvalue weighted by Crippen LogP contribution is -2.13. The van der Waals surface area contributed by atoms with Crippen LogP contribution in [-0.4, -0.2) is 45.9 Å². The molecule has 1 aromatic heterocycles. The van der Waals surface area contributed by atoms with Crippen LogP contribution in [0.15, 0.2) is 64.0 Å². The van der Waals surface area contributed by atoms with Crippen molar-refractivity contribution >= 4 is 17.6 Å². The first kappa shape index (κ1) is 23.1. The highest BCUT2D eigenvalue weighted by molar-refractivity contribution is 7.07. The van der Waals surface area contributed by atoms with Gasteiger partial charge in [-0.05, 0) is 48.9 Å². The summed E-state index contributed by atoms with van der Waals surface area (Å²) in [6.07, 6.45) is 1.79. The molecule has 0 atom stereocenters. The molecule has 0 aliphatic heterocycles. The molecule has 0 aliphatic carbocycles. The number of methoxy groups -OCH3 is 4. The Balaban J connectivity index is 2.13. The molecule has 2 aromatic carbocycles. The van der Waals surface area contributed by atoms with Crippen LogP contribution in [0.25, 0.3) is 11.3 Å². The Kier molecular flexibility index (Phi) is 7.72. The van der Waals surface area contributed by atoms with Gasteiger partial charge in [0.2, 0.25) is 10.6 Å². The van der Waals surface area contributed by atoms with Crippen LogP contribution in [0.1, 0.15) is 12.5 Å². The van der Waals surface area contributed by atoms with E-state index in [0.717, 1.165) is 32.9 Å². The van der Waals surface area contributed by atoms with Gasteiger partial charge in [0.15, 0.2) is 11.5 Å². The first-order valence-corrected chi connectivity index (χ1v) is 10.7. The number of nitrogens with zero attached hydrogens (tertiary/aromatic N) is 3. The Morgan fingerprint density at radius 3 is 2.19 bits per heavy atom. The summed E-state index contributed by atoms with van der Waals surface area (Å²) in [6, 6.07) is 11.5. The molecule has 0 saturated heterocycles. The van der Waals surface area contributed by atoms with Gasteiger partial charge in [0, 0.05) is 10.9 Å². The lowest BCUT2D eigenvalue weighted by Gasteiger charge is -2.14. The smallest absolute Gasteiger partial charge is 0.206 e. The number of benzene rings is 2. The summed E-state index contributed by atoms with van der Waals surface area (Å²) in [5.74, 6) is 2.47. The summed E-state index contributed by atoms with van der Waals surface area (Å²) < 4.78 is 23.5. The van der Waals surface area contributed by atoms with Crippen LogP contribution in [0.4, 0.5) is 0 Å². The molecule has 7 nitrogen and oxygen atoms in total. The van der Waals surface area contributed by atoms with Crippen LogP contribution in [0.5, 0.6) is 23.0 Å². The van der Waals surface area contributed by atoms with Crippen molar-refractivity contribution in [1.82, 2.24) is 4.68 Å². The SMILES string of the molecule is C=C(C)CN=c1scc(-c2cc(OC)c(OC)c(OC)c2)n1N=Cc1ccc(OC)cc1. The zero-order valence-corrected chi connectivity index (χ0v) is 19.7. The van der Waals surface area contributed by atoms with Crippen molar-refractivity contribution in [2.75, 3.05) is 35.0 Å². The predicted molar refractivity (Wildman–Crippen MR) is 129 cm³/mol. The van der Waals surface area contributed by atoms with E-state index in [9.17, 15) is 0 Å².